The molecule has 0 spiro atoms. The molecule has 0 aliphatic rings. The van der Waals surface area contributed by atoms with E-state index in [9.17, 15) is 4.79 Å². The minimum Gasteiger partial charge on any atom is -0.375 e. The Morgan fingerprint density at radius 2 is 1.75 bits per heavy atom. The van der Waals surface area contributed by atoms with Crippen LogP contribution in [0, 0.1) is 0 Å². The normalized spacial score (nSPS) is 11.7. The minimum absolute atomic E-state index is 0.0481. The SMILES string of the molecule is O=C(CNc1ccccc1Br)N[C@H](c1ccccc1)c1cccs1. The van der Waals surface area contributed by atoms with Gasteiger partial charge in [-0.25, -0.2) is 0 Å². The molecular weight excluding hydrogens is 384 g/mol. The van der Waals surface area contributed by atoms with Gasteiger partial charge in [0, 0.05) is 15.0 Å². The summed E-state index contributed by atoms with van der Waals surface area (Å²) in [6.07, 6.45) is 0. The molecule has 0 bridgehead atoms. The monoisotopic (exact) mass is 400 g/mol. The van der Waals surface area contributed by atoms with Crippen molar-refractivity contribution in [3.05, 3.63) is 87.0 Å². The number of rotatable bonds is 6. The Hall–Kier alpha value is -2.11. The predicted octanol–water partition coefficient (Wildman–Crippen LogP) is 4.83. The van der Waals surface area contributed by atoms with Crippen LogP contribution in [-0.4, -0.2) is 12.5 Å². The first-order chi connectivity index (χ1) is 11.7. The van der Waals surface area contributed by atoms with Crippen molar-refractivity contribution >= 4 is 38.9 Å². The maximum atomic E-state index is 12.4. The van der Waals surface area contributed by atoms with Crippen LogP contribution in [0.25, 0.3) is 0 Å². The fourth-order valence-electron chi connectivity index (χ4n) is 2.41. The first-order valence-electron chi connectivity index (χ1n) is 7.60. The zero-order valence-corrected chi connectivity index (χ0v) is 15.3. The summed E-state index contributed by atoms with van der Waals surface area (Å²) in [5.41, 5.74) is 1.98. The molecule has 3 rings (SSSR count). The van der Waals surface area contributed by atoms with Gasteiger partial charge >= 0.3 is 0 Å². The van der Waals surface area contributed by atoms with Crippen LogP contribution in [0.3, 0.4) is 0 Å². The van der Waals surface area contributed by atoms with E-state index in [4.69, 9.17) is 0 Å². The molecule has 1 amide bonds. The molecule has 1 aromatic heterocycles. The van der Waals surface area contributed by atoms with Crippen LogP contribution in [-0.2, 0) is 4.79 Å². The zero-order chi connectivity index (χ0) is 16.8. The smallest absolute Gasteiger partial charge is 0.240 e. The molecular formula is C19H17BrN2OS. The van der Waals surface area contributed by atoms with Gasteiger partial charge in [0.25, 0.3) is 0 Å². The van der Waals surface area contributed by atoms with Crippen molar-refractivity contribution in [3.8, 4) is 0 Å². The largest absolute Gasteiger partial charge is 0.375 e. The molecule has 1 heterocycles. The first-order valence-corrected chi connectivity index (χ1v) is 9.27. The van der Waals surface area contributed by atoms with Crippen LogP contribution in [0.2, 0.25) is 0 Å². The van der Waals surface area contributed by atoms with Crippen LogP contribution < -0.4 is 10.6 Å². The van der Waals surface area contributed by atoms with Crippen molar-refractivity contribution in [2.75, 3.05) is 11.9 Å². The Bertz CT molecular complexity index is 790. The third kappa shape index (κ3) is 4.24. The molecule has 3 nitrogen and oxygen atoms in total. The number of hydrogen-bond acceptors (Lipinski definition) is 3. The summed E-state index contributed by atoms with van der Waals surface area (Å²) >= 11 is 5.12. The second kappa shape index (κ2) is 8.13. The number of amides is 1. The van der Waals surface area contributed by atoms with Gasteiger partial charge in [0.1, 0.15) is 0 Å². The van der Waals surface area contributed by atoms with E-state index in [2.05, 4.69) is 26.6 Å². The van der Waals surface area contributed by atoms with Crippen molar-refractivity contribution in [2.45, 2.75) is 6.04 Å². The Morgan fingerprint density at radius 1 is 1.00 bits per heavy atom. The molecule has 0 aliphatic heterocycles. The number of halogens is 1. The molecule has 0 fully saturated rings. The van der Waals surface area contributed by atoms with Crippen molar-refractivity contribution < 1.29 is 4.79 Å². The number of benzene rings is 2. The van der Waals surface area contributed by atoms with E-state index in [1.54, 1.807) is 11.3 Å². The Morgan fingerprint density at radius 3 is 2.46 bits per heavy atom. The summed E-state index contributed by atoms with van der Waals surface area (Å²) in [6, 6.07) is 21.7. The molecule has 0 unspecified atom stereocenters. The highest BCUT2D eigenvalue weighted by atomic mass is 79.9. The summed E-state index contributed by atoms with van der Waals surface area (Å²) in [7, 11) is 0. The maximum absolute atomic E-state index is 12.4. The minimum atomic E-state index is -0.125. The van der Waals surface area contributed by atoms with Crippen LogP contribution >= 0.6 is 27.3 Å². The lowest BCUT2D eigenvalue weighted by Gasteiger charge is -2.18. The van der Waals surface area contributed by atoms with E-state index in [-0.39, 0.29) is 18.5 Å². The molecule has 24 heavy (non-hydrogen) atoms. The molecule has 1 atom stereocenters. The average Bonchev–Trinajstić information content (AvgIpc) is 3.14. The van der Waals surface area contributed by atoms with E-state index in [0.717, 1.165) is 20.6 Å². The van der Waals surface area contributed by atoms with Crippen LogP contribution in [0.15, 0.2) is 76.6 Å². The maximum Gasteiger partial charge on any atom is 0.240 e. The number of para-hydroxylation sites is 1. The molecule has 0 saturated heterocycles. The summed E-state index contributed by atoms with van der Waals surface area (Å²) in [5.74, 6) is -0.0481. The second-order valence-electron chi connectivity index (χ2n) is 5.26. The van der Waals surface area contributed by atoms with Crippen LogP contribution in [0.5, 0.6) is 0 Å². The molecule has 0 radical (unpaired) electrons. The van der Waals surface area contributed by atoms with Crippen LogP contribution in [0.4, 0.5) is 5.69 Å². The van der Waals surface area contributed by atoms with E-state index < -0.39 is 0 Å². The van der Waals surface area contributed by atoms with E-state index in [1.165, 1.54) is 0 Å². The molecule has 3 aromatic rings. The number of nitrogens with one attached hydrogen (secondary N) is 2. The standard InChI is InChI=1S/C19H17BrN2OS/c20-15-9-4-5-10-16(15)21-13-18(23)22-19(17-11-6-12-24-17)14-7-2-1-3-8-14/h1-12,19,21H,13H2,(H,22,23)/t19-/m1/s1. The Kier molecular flexibility index (Phi) is 5.67. The lowest BCUT2D eigenvalue weighted by molar-refractivity contribution is -0.119. The highest BCUT2D eigenvalue weighted by molar-refractivity contribution is 9.10. The van der Waals surface area contributed by atoms with Crippen molar-refractivity contribution in [2.24, 2.45) is 0 Å². The van der Waals surface area contributed by atoms with Gasteiger partial charge in [0.05, 0.1) is 12.6 Å². The fourth-order valence-corrected chi connectivity index (χ4v) is 3.64. The highest BCUT2D eigenvalue weighted by Gasteiger charge is 2.17. The van der Waals surface area contributed by atoms with E-state index in [0.29, 0.717) is 0 Å². The molecule has 0 aliphatic carbocycles. The summed E-state index contributed by atoms with van der Waals surface area (Å²) in [5, 5.41) is 8.30. The molecule has 5 heteroatoms. The van der Waals surface area contributed by atoms with Gasteiger partial charge in [-0.1, -0.05) is 48.5 Å². The van der Waals surface area contributed by atoms with Crippen molar-refractivity contribution in [1.29, 1.82) is 0 Å². The van der Waals surface area contributed by atoms with Gasteiger partial charge < -0.3 is 10.6 Å². The predicted molar refractivity (Wildman–Crippen MR) is 103 cm³/mol. The molecule has 0 saturated carbocycles. The quantitative estimate of drug-likeness (QED) is 0.621. The topological polar surface area (TPSA) is 41.1 Å². The number of thiophene rings is 1. The Labute approximate surface area is 153 Å². The highest BCUT2D eigenvalue weighted by Crippen LogP contribution is 2.26. The van der Waals surface area contributed by atoms with Crippen molar-refractivity contribution in [1.82, 2.24) is 5.32 Å². The number of hydrogen-bond donors (Lipinski definition) is 2. The van der Waals surface area contributed by atoms with Gasteiger partial charge in [0.2, 0.25) is 5.91 Å². The number of carbonyl (C=O) groups excluding carboxylic acids is 1. The van der Waals surface area contributed by atoms with Gasteiger partial charge in [-0.05, 0) is 45.1 Å². The van der Waals surface area contributed by atoms with E-state index >= 15 is 0 Å². The first kappa shape index (κ1) is 16.7. The fraction of sp³-hybridized carbons (Fsp3) is 0.105. The zero-order valence-electron chi connectivity index (χ0n) is 12.9. The summed E-state index contributed by atoms with van der Waals surface area (Å²) in [4.78, 5) is 13.5. The molecule has 2 N–H and O–H groups in total. The van der Waals surface area contributed by atoms with Gasteiger partial charge in [-0.2, -0.15) is 0 Å². The number of anilines is 1. The Balaban J connectivity index is 1.69. The van der Waals surface area contributed by atoms with Gasteiger partial charge in [-0.3, -0.25) is 4.79 Å². The van der Waals surface area contributed by atoms with Gasteiger partial charge in [0.15, 0.2) is 0 Å². The van der Waals surface area contributed by atoms with E-state index in [1.807, 2.05) is 72.1 Å². The average molecular weight is 401 g/mol. The molecule has 122 valence electrons. The lowest BCUT2D eigenvalue weighted by atomic mass is 10.1. The molecule has 2 aromatic carbocycles. The van der Waals surface area contributed by atoms with Crippen LogP contribution in [0.1, 0.15) is 16.5 Å². The third-order valence-corrected chi connectivity index (χ3v) is 5.21. The summed E-state index contributed by atoms with van der Waals surface area (Å²) in [6.45, 7) is 0.220. The number of carbonyl (C=O) groups is 1. The van der Waals surface area contributed by atoms with Crippen molar-refractivity contribution in [3.63, 3.8) is 0 Å². The van der Waals surface area contributed by atoms with Gasteiger partial charge in [-0.15, -0.1) is 11.3 Å². The third-order valence-electron chi connectivity index (χ3n) is 3.58. The lowest BCUT2D eigenvalue weighted by Crippen LogP contribution is -2.33. The second-order valence-corrected chi connectivity index (χ2v) is 7.09. The summed E-state index contributed by atoms with van der Waals surface area (Å²) < 4.78 is 0.940.